The highest BCUT2D eigenvalue weighted by Crippen LogP contribution is 2.36. The number of rotatable bonds is 5. The first kappa shape index (κ1) is 28.8. The van der Waals surface area contributed by atoms with Gasteiger partial charge in [-0.05, 0) is 62.8 Å². The van der Waals surface area contributed by atoms with Gasteiger partial charge in [0.05, 0.1) is 11.4 Å². The van der Waals surface area contributed by atoms with Crippen molar-refractivity contribution in [2.24, 2.45) is 10.9 Å². The van der Waals surface area contributed by atoms with Crippen molar-refractivity contribution in [3.05, 3.63) is 59.2 Å². The summed E-state index contributed by atoms with van der Waals surface area (Å²) in [7, 11) is 0. The zero-order chi connectivity index (χ0) is 28.8. The fraction of sp³-hybridized carbons (Fsp3) is 0.515. The fourth-order valence-electron chi connectivity index (χ4n) is 6.44. The van der Waals surface area contributed by atoms with Gasteiger partial charge in [0.2, 0.25) is 12.1 Å². The molecular weight excluding hydrogens is 514 g/mol. The Morgan fingerprint density at radius 3 is 2.32 bits per heavy atom. The second kappa shape index (κ2) is 13.3. The molecule has 2 N–H and O–H groups in total. The zero-order valence-corrected chi connectivity index (χ0v) is 24.5. The Morgan fingerprint density at radius 2 is 1.59 bits per heavy atom. The predicted molar refractivity (Wildman–Crippen MR) is 163 cm³/mol. The van der Waals surface area contributed by atoms with E-state index in [2.05, 4.69) is 10.6 Å². The summed E-state index contributed by atoms with van der Waals surface area (Å²) in [4.78, 5) is 49.6. The number of benzodiazepines with no additional fused rings is 1. The molecule has 41 heavy (non-hydrogen) atoms. The number of para-hydroxylation sites is 1. The summed E-state index contributed by atoms with van der Waals surface area (Å²) >= 11 is 0. The topological polar surface area (TPSA) is 94.1 Å². The molecule has 2 heterocycles. The van der Waals surface area contributed by atoms with Crippen LogP contribution in [0.1, 0.15) is 80.9 Å². The normalized spacial score (nSPS) is 20.3. The van der Waals surface area contributed by atoms with Crippen LogP contribution in [0.15, 0.2) is 47.5 Å². The first-order valence-electron chi connectivity index (χ1n) is 15.3. The summed E-state index contributed by atoms with van der Waals surface area (Å²) in [5, 5.41) is 5.70. The summed E-state index contributed by atoms with van der Waals surface area (Å²) in [6.45, 7) is 5.30. The Kier molecular flexibility index (Phi) is 9.37. The van der Waals surface area contributed by atoms with Crippen LogP contribution in [-0.4, -0.2) is 54.3 Å². The van der Waals surface area contributed by atoms with E-state index < -0.39 is 12.2 Å². The minimum atomic E-state index is -1.14. The van der Waals surface area contributed by atoms with Crippen LogP contribution in [0.5, 0.6) is 0 Å². The van der Waals surface area contributed by atoms with Crippen molar-refractivity contribution in [3.8, 4) is 0 Å². The first-order valence-corrected chi connectivity index (χ1v) is 15.3. The summed E-state index contributed by atoms with van der Waals surface area (Å²) in [5.74, 6) is -0.240. The molecule has 1 saturated heterocycles. The van der Waals surface area contributed by atoms with Crippen molar-refractivity contribution in [1.29, 1.82) is 0 Å². The van der Waals surface area contributed by atoms with Crippen molar-refractivity contribution in [2.45, 2.75) is 84.2 Å². The molecule has 8 heteroatoms. The first-order chi connectivity index (χ1) is 19.9. The van der Waals surface area contributed by atoms with Crippen molar-refractivity contribution in [2.75, 3.05) is 29.9 Å². The molecule has 218 valence electrons. The highest BCUT2D eigenvalue weighted by Gasteiger charge is 2.37. The third kappa shape index (κ3) is 6.97. The highest BCUT2D eigenvalue weighted by atomic mass is 16.2. The van der Waals surface area contributed by atoms with E-state index in [1.54, 1.807) is 4.90 Å². The summed E-state index contributed by atoms with van der Waals surface area (Å²) in [6, 6.07) is 13.0. The molecule has 1 saturated carbocycles. The minimum absolute atomic E-state index is 0.0569. The Bertz CT molecular complexity index is 1290. The van der Waals surface area contributed by atoms with Crippen LogP contribution in [0.3, 0.4) is 0 Å². The Morgan fingerprint density at radius 1 is 0.902 bits per heavy atom. The lowest BCUT2D eigenvalue weighted by Gasteiger charge is -2.31. The second-order valence-electron chi connectivity index (χ2n) is 11.8. The summed E-state index contributed by atoms with van der Waals surface area (Å²) < 4.78 is 0. The number of benzene rings is 2. The number of aryl methyl sites for hydroxylation is 2. The molecular formula is C33H43N5O3. The van der Waals surface area contributed by atoms with Gasteiger partial charge in [-0.3, -0.25) is 19.5 Å². The maximum atomic E-state index is 14.3. The number of nitrogens with zero attached hydrogens (tertiary/aromatic N) is 3. The zero-order valence-electron chi connectivity index (χ0n) is 24.5. The molecule has 2 aromatic rings. The number of amides is 4. The molecule has 2 aliphatic heterocycles. The van der Waals surface area contributed by atoms with E-state index in [1.807, 2.05) is 61.2 Å². The van der Waals surface area contributed by atoms with Crippen molar-refractivity contribution in [3.63, 3.8) is 0 Å². The number of urea groups is 1. The lowest BCUT2D eigenvalue weighted by atomic mass is 9.82. The SMILES string of the molecule is Cc1cccc(NC(=O)NC2N=C(C3CCCCC3)c3cccc(C)c3N(CC(=O)N3CCCCCCC3)C2=O)c1. The van der Waals surface area contributed by atoms with Gasteiger partial charge in [-0.1, -0.05) is 68.9 Å². The Balaban J connectivity index is 1.48. The number of anilines is 2. The van der Waals surface area contributed by atoms with Crippen LogP contribution in [-0.2, 0) is 9.59 Å². The van der Waals surface area contributed by atoms with Gasteiger partial charge in [-0.2, -0.15) is 0 Å². The molecule has 2 aromatic carbocycles. The van der Waals surface area contributed by atoms with Crippen molar-refractivity contribution in [1.82, 2.24) is 10.2 Å². The van der Waals surface area contributed by atoms with Gasteiger partial charge in [0.1, 0.15) is 6.54 Å². The largest absolute Gasteiger partial charge is 0.341 e. The molecule has 1 unspecified atom stereocenters. The third-order valence-electron chi connectivity index (χ3n) is 8.59. The number of likely N-dealkylation sites (tertiary alicyclic amines) is 1. The van der Waals surface area contributed by atoms with E-state index in [4.69, 9.17) is 4.99 Å². The maximum absolute atomic E-state index is 14.3. The van der Waals surface area contributed by atoms with Gasteiger partial charge < -0.3 is 15.5 Å². The number of nitrogens with one attached hydrogen (secondary N) is 2. The van der Waals surface area contributed by atoms with E-state index in [1.165, 1.54) is 12.8 Å². The highest BCUT2D eigenvalue weighted by molar-refractivity contribution is 6.16. The van der Waals surface area contributed by atoms with Crippen LogP contribution in [0.25, 0.3) is 0 Å². The lowest BCUT2D eigenvalue weighted by Crippen LogP contribution is -2.52. The molecule has 0 aromatic heterocycles. The van der Waals surface area contributed by atoms with E-state index in [-0.39, 0.29) is 24.3 Å². The Labute approximate surface area is 243 Å². The molecule has 8 nitrogen and oxygen atoms in total. The van der Waals surface area contributed by atoms with Gasteiger partial charge in [0.15, 0.2) is 0 Å². The van der Waals surface area contributed by atoms with E-state index in [0.717, 1.165) is 79.5 Å². The van der Waals surface area contributed by atoms with Gasteiger partial charge in [0, 0.05) is 30.3 Å². The standard InChI is InChI=1S/C33H43N5O3/c1-23-13-11-17-26(21-23)34-33(41)36-31-32(40)38(22-28(39)37-19-9-4-3-5-10-20-37)30-24(2)14-12-18-27(30)29(35-31)25-15-7-6-8-16-25/h11-14,17-18,21,25,31H,3-10,15-16,19-20,22H2,1-2H3,(H2,34,36,41). The third-order valence-corrected chi connectivity index (χ3v) is 8.59. The van der Waals surface area contributed by atoms with Gasteiger partial charge in [0.25, 0.3) is 5.91 Å². The smallest absolute Gasteiger partial charge is 0.321 e. The molecule has 1 aliphatic carbocycles. The van der Waals surface area contributed by atoms with E-state index in [0.29, 0.717) is 18.8 Å². The van der Waals surface area contributed by atoms with Crippen LogP contribution >= 0.6 is 0 Å². The predicted octanol–water partition coefficient (Wildman–Crippen LogP) is 5.96. The molecule has 0 spiro atoms. The monoisotopic (exact) mass is 557 g/mol. The number of hydrogen-bond acceptors (Lipinski definition) is 4. The molecule has 1 atom stereocenters. The molecule has 3 aliphatic rings. The quantitative estimate of drug-likeness (QED) is 0.475. The van der Waals surface area contributed by atoms with Crippen LogP contribution in [0.4, 0.5) is 16.2 Å². The van der Waals surface area contributed by atoms with E-state index >= 15 is 0 Å². The van der Waals surface area contributed by atoms with Crippen LogP contribution in [0, 0.1) is 19.8 Å². The Hall–Kier alpha value is -3.68. The number of fused-ring (bicyclic) bond motifs is 1. The van der Waals surface area contributed by atoms with Crippen molar-refractivity contribution < 1.29 is 14.4 Å². The average molecular weight is 558 g/mol. The average Bonchev–Trinajstić information content (AvgIpc) is 3.04. The van der Waals surface area contributed by atoms with E-state index in [9.17, 15) is 14.4 Å². The van der Waals surface area contributed by atoms with Crippen molar-refractivity contribution >= 4 is 34.9 Å². The number of hydrogen-bond donors (Lipinski definition) is 2. The fourth-order valence-corrected chi connectivity index (χ4v) is 6.44. The number of carbonyl (C=O) groups is 3. The number of carbonyl (C=O) groups excluding carboxylic acids is 3. The van der Waals surface area contributed by atoms with Gasteiger partial charge >= 0.3 is 6.03 Å². The van der Waals surface area contributed by atoms with Crippen LogP contribution in [0.2, 0.25) is 0 Å². The summed E-state index contributed by atoms with van der Waals surface area (Å²) in [6.07, 6.45) is 9.68. The minimum Gasteiger partial charge on any atom is -0.341 e. The molecule has 2 fully saturated rings. The summed E-state index contributed by atoms with van der Waals surface area (Å²) in [5.41, 5.74) is 5.08. The molecule has 0 radical (unpaired) electrons. The molecule has 5 rings (SSSR count). The molecule has 0 bridgehead atoms. The maximum Gasteiger partial charge on any atom is 0.321 e. The van der Waals surface area contributed by atoms with Gasteiger partial charge in [-0.15, -0.1) is 0 Å². The number of aliphatic imine (C=N–C) groups is 1. The van der Waals surface area contributed by atoms with Gasteiger partial charge in [-0.25, -0.2) is 4.79 Å². The molecule has 4 amide bonds. The second-order valence-corrected chi connectivity index (χ2v) is 11.8. The van der Waals surface area contributed by atoms with Crippen LogP contribution < -0.4 is 15.5 Å². The lowest BCUT2D eigenvalue weighted by molar-refractivity contribution is -0.132.